The number of nitrogens with zero attached hydrogens (tertiary/aromatic N) is 1. The lowest BCUT2D eigenvalue weighted by Crippen LogP contribution is -2.43. The number of pyridine rings is 1. The first kappa shape index (κ1) is 11.5. The monoisotopic (exact) mass is 246 g/mol. The van der Waals surface area contributed by atoms with Crippen molar-refractivity contribution in [2.24, 2.45) is 0 Å². The summed E-state index contributed by atoms with van der Waals surface area (Å²) < 4.78 is 11.5. The van der Waals surface area contributed by atoms with E-state index in [0.29, 0.717) is 11.9 Å². The Hall–Kier alpha value is -1.55. The summed E-state index contributed by atoms with van der Waals surface area (Å²) in [4.78, 5) is 4.33. The van der Waals surface area contributed by atoms with Crippen LogP contribution in [0.4, 0.5) is 0 Å². The van der Waals surface area contributed by atoms with Crippen molar-refractivity contribution in [1.29, 1.82) is 0 Å². The molecule has 1 fully saturated rings. The summed E-state index contributed by atoms with van der Waals surface area (Å²) in [5.74, 6) is 0.688. The lowest BCUT2D eigenvalue weighted by atomic mass is 9.92. The second-order valence-electron chi connectivity index (χ2n) is 4.78. The molecule has 4 nitrogen and oxygen atoms in total. The maximum Gasteiger partial charge on any atom is 0.224 e. The molecular weight excluding hydrogens is 228 g/mol. The molecule has 0 amide bonds. The van der Waals surface area contributed by atoms with Gasteiger partial charge in [-0.1, -0.05) is 6.42 Å². The van der Waals surface area contributed by atoms with Crippen molar-refractivity contribution in [3.8, 4) is 5.88 Å². The highest BCUT2D eigenvalue weighted by molar-refractivity contribution is 5.81. The fraction of sp³-hybridized carbons (Fsp3) is 0.500. The molecule has 2 heterocycles. The first-order chi connectivity index (χ1) is 8.88. The quantitative estimate of drug-likeness (QED) is 0.904. The molecule has 96 valence electrons. The number of hydrogen-bond donors (Lipinski definition) is 1. The van der Waals surface area contributed by atoms with Gasteiger partial charge in [0.1, 0.15) is 11.7 Å². The van der Waals surface area contributed by atoms with Crippen molar-refractivity contribution in [2.75, 3.05) is 7.05 Å². The maximum absolute atomic E-state index is 6.10. The number of aromatic nitrogens is 1. The number of likely N-dealkylation sites (N-methyl/N-ethyl adjacent to an activating group) is 1. The number of rotatable bonds is 3. The Labute approximate surface area is 106 Å². The largest absolute Gasteiger partial charge is 0.472 e. The van der Waals surface area contributed by atoms with Gasteiger partial charge in [0.25, 0.3) is 0 Å². The van der Waals surface area contributed by atoms with Crippen LogP contribution >= 0.6 is 0 Å². The van der Waals surface area contributed by atoms with Crippen LogP contribution < -0.4 is 10.1 Å². The molecular formula is C14H18N2O2. The summed E-state index contributed by atoms with van der Waals surface area (Å²) in [7, 11) is 2.00. The number of hydrogen-bond acceptors (Lipinski definition) is 4. The highest BCUT2D eigenvalue weighted by Crippen LogP contribution is 2.28. The van der Waals surface area contributed by atoms with Gasteiger partial charge >= 0.3 is 0 Å². The zero-order valence-electron chi connectivity index (χ0n) is 10.6. The van der Waals surface area contributed by atoms with Gasteiger partial charge in [0.2, 0.25) is 5.88 Å². The van der Waals surface area contributed by atoms with Crippen LogP contribution in [-0.2, 0) is 0 Å². The van der Waals surface area contributed by atoms with Crippen LogP contribution in [0.15, 0.2) is 29.0 Å². The van der Waals surface area contributed by atoms with Crippen molar-refractivity contribution >= 4 is 11.0 Å². The van der Waals surface area contributed by atoms with Gasteiger partial charge in [-0.3, -0.25) is 0 Å². The zero-order valence-corrected chi connectivity index (χ0v) is 10.6. The molecule has 4 heteroatoms. The van der Waals surface area contributed by atoms with Crippen LogP contribution in [0.2, 0.25) is 0 Å². The number of nitrogens with one attached hydrogen (secondary N) is 1. The summed E-state index contributed by atoms with van der Waals surface area (Å²) in [5, 5.41) is 4.30. The molecule has 0 radical (unpaired) electrons. The minimum absolute atomic E-state index is 0.205. The van der Waals surface area contributed by atoms with E-state index in [2.05, 4.69) is 10.3 Å². The molecule has 0 aliphatic heterocycles. The lowest BCUT2D eigenvalue weighted by Gasteiger charge is -2.31. The normalized spacial score (nSPS) is 24.3. The van der Waals surface area contributed by atoms with Crippen LogP contribution in [-0.4, -0.2) is 24.2 Å². The summed E-state index contributed by atoms with van der Waals surface area (Å²) in [6, 6.07) is 4.19. The molecule has 0 bridgehead atoms. The molecule has 2 unspecified atom stereocenters. The smallest absolute Gasteiger partial charge is 0.224 e. The Bertz CT molecular complexity index is 523. The van der Waals surface area contributed by atoms with Gasteiger partial charge in [-0.2, -0.15) is 0 Å². The van der Waals surface area contributed by atoms with E-state index in [-0.39, 0.29) is 6.10 Å². The molecule has 1 aliphatic carbocycles. The second kappa shape index (κ2) is 4.98. The first-order valence-electron chi connectivity index (χ1n) is 6.54. The van der Waals surface area contributed by atoms with Gasteiger partial charge < -0.3 is 14.5 Å². The van der Waals surface area contributed by atoms with Gasteiger partial charge in [0, 0.05) is 12.2 Å². The molecule has 0 aromatic carbocycles. The molecule has 0 saturated heterocycles. The molecule has 2 aromatic heterocycles. The minimum Gasteiger partial charge on any atom is -0.472 e. The summed E-state index contributed by atoms with van der Waals surface area (Å²) in [6.45, 7) is 0. The molecule has 1 N–H and O–H groups in total. The van der Waals surface area contributed by atoms with E-state index in [4.69, 9.17) is 9.15 Å². The van der Waals surface area contributed by atoms with Gasteiger partial charge in [0.15, 0.2) is 0 Å². The topological polar surface area (TPSA) is 47.3 Å². The predicted octanol–water partition coefficient (Wildman–Crippen LogP) is 2.74. The molecule has 2 atom stereocenters. The molecule has 1 aliphatic rings. The fourth-order valence-corrected chi connectivity index (χ4v) is 2.67. The van der Waals surface area contributed by atoms with Gasteiger partial charge in [0.05, 0.1) is 11.6 Å². The maximum atomic E-state index is 6.10. The first-order valence-corrected chi connectivity index (χ1v) is 6.54. The van der Waals surface area contributed by atoms with Crippen molar-refractivity contribution in [3.05, 3.63) is 24.6 Å². The van der Waals surface area contributed by atoms with E-state index in [1.807, 2.05) is 19.2 Å². The standard InChI is InChI=1S/C14H18N2O2/c1-15-11-4-2-3-5-13(11)18-14-10-7-9-17-12(10)6-8-16-14/h6-9,11,13,15H,2-5H2,1H3. The summed E-state index contributed by atoms with van der Waals surface area (Å²) in [6.07, 6.45) is 8.37. The Kier molecular flexibility index (Phi) is 3.19. The number of furan rings is 1. The van der Waals surface area contributed by atoms with E-state index in [1.54, 1.807) is 12.5 Å². The van der Waals surface area contributed by atoms with Crippen LogP contribution in [0.1, 0.15) is 25.7 Å². The Morgan fingerprint density at radius 1 is 1.33 bits per heavy atom. The van der Waals surface area contributed by atoms with Gasteiger partial charge in [-0.15, -0.1) is 0 Å². The lowest BCUT2D eigenvalue weighted by molar-refractivity contribution is 0.115. The highest BCUT2D eigenvalue weighted by Gasteiger charge is 2.26. The second-order valence-corrected chi connectivity index (χ2v) is 4.78. The Balaban J connectivity index is 1.84. The number of ether oxygens (including phenoxy) is 1. The molecule has 0 spiro atoms. The fourth-order valence-electron chi connectivity index (χ4n) is 2.67. The van der Waals surface area contributed by atoms with E-state index >= 15 is 0 Å². The van der Waals surface area contributed by atoms with Crippen molar-refractivity contribution in [1.82, 2.24) is 10.3 Å². The zero-order chi connectivity index (χ0) is 12.4. The van der Waals surface area contributed by atoms with Crippen LogP contribution in [0.5, 0.6) is 5.88 Å². The minimum atomic E-state index is 0.205. The van der Waals surface area contributed by atoms with Crippen molar-refractivity contribution < 1.29 is 9.15 Å². The summed E-state index contributed by atoms with van der Waals surface area (Å²) >= 11 is 0. The third kappa shape index (κ3) is 2.08. The van der Waals surface area contributed by atoms with Crippen LogP contribution in [0, 0.1) is 0 Å². The van der Waals surface area contributed by atoms with Gasteiger partial charge in [-0.05, 0) is 38.4 Å². The average molecular weight is 246 g/mol. The third-order valence-corrected chi connectivity index (χ3v) is 3.68. The van der Waals surface area contributed by atoms with Crippen molar-refractivity contribution in [3.63, 3.8) is 0 Å². The number of fused-ring (bicyclic) bond motifs is 1. The average Bonchev–Trinajstić information content (AvgIpc) is 2.89. The summed E-state index contributed by atoms with van der Waals surface area (Å²) in [5.41, 5.74) is 0.830. The Morgan fingerprint density at radius 2 is 2.22 bits per heavy atom. The van der Waals surface area contributed by atoms with Crippen LogP contribution in [0.25, 0.3) is 11.0 Å². The van der Waals surface area contributed by atoms with E-state index < -0.39 is 0 Å². The van der Waals surface area contributed by atoms with Crippen molar-refractivity contribution in [2.45, 2.75) is 37.8 Å². The molecule has 2 aromatic rings. The van der Waals surface area contributed by atoms with Crippen LogP contribution in [0.3, 0.4) is 0 Å². The predicted molar refractivity (Wildman–Crippen MR) is 69.7 cm³/mol. The van der Waals surface area contributed by atoms with E-state index in [1.165, 1.54) is 19.3 Å². The van der Waals surface area contributed by atoms with E-state index in [9.17, 15) is 0 Å². The SMILES string of the molecule is CNC1CCCCC1Oc1nccc2occc12. The molecule has 1 saturated carbocycles. The van der Waals surface area contributed by atoms with Gasteiger partial charge in [-0.25, -0.2) is 4.98 Å². The van der Waals surface area contributed by atoms with E-state index in [0.717, 1.165) is 17.4 Å². The highest BCUT2D eigenvalue weighted by atomic mass is 16.5. The Morgan fingerprint density at radius 3 is 3.11 bits per heavy atom. The molecule has 3 rings (SSSR count). The third-order valence-electron chi connectivity index (χ3n) is 3.68. The molecule has 18 heavy (non-hydrogen) atoms.